The van der Waals surface area contributed by atoms with Gasteiger partial charge in [0.15, 0.2) is 0 Å². The summed E-state index contributed by atoms with van der Waals surface area (Å²) in [4.78, 5) is 69.4. The number of carboxylic acids is 7. The van der Waals surface area contributed by atoms with Crippen LogP contribution >= 0.6 is 0 Å². The highest BCUT2D eigenvalue weighted by Gasteiger charge is 2.12. The van der Waals surface area contributed by atoms with E-state index >= 15 is 0 Å². The first-order chi connectivity index (χ1) is 20.6. The minimum absolute atomic E-state index is 0. The van der Waals surface area contributed by atoms with E-state index < -0.39 is 79.7 Å². The van der Waals surface area contributed by atoms with Crippen molar-refractivity contribution in [1.29, 1.82) is 0 Å². The maximum absolute atomic E-state index is 9.91. The van der Waals surface area contributed by atoms with Crippen LogP contribution in [0, 0.1) is 37.9 Å². The summed E-state index contributed by atoms with van der Waals surface area (Å²) in [5, 5.41) is 69.4. The lowest BCUT2D eigenvalue weighted by Crippen LogP contribution is -2.35. The molecule has 0 N–H and O–H groups in total. The Hall–Kier alpha value is -3.71. The molecular formula is C43H95O14-7. The lowest BCUT2D eigenvalue weighted by Gasteiger charge is -2.18. The molecule has 0 aromatic heterocycles. The average molecular weight is 836 g/mol. The van der Waals surface area contributed by atoms with E-state index in [1.807, 2.05) is 0 Å². The smallest absolute Gasteiger partial charge is 0.0467 e. The number of hydrogen-bond donors (Lipinski definition) is 0. The molecule has 0 heterocycles. The molecule has 0 unspecified atom stereocenters. The molecule has 0 aliphatic heterocycles. The van der Waals surface area contributed by atoms with Crippen LogP contribution < -0.4 is 35.7 Å². The van der Waals surface area contributed by atoms with Crippen LogP contribution in [0.4, 0.5) is 0 Å². The Morgan fingerprint density at radius 1 is 0.193 bits per heavy atom. The van der Waals surface area contributed by atoms with Gasteiger partial charge in [0.25, 0.3) is 0 Å². The van der Waals surface area contributed by atoms with Crippen molar-refractivity contribution < 1.29 is 69.3 Å². The molecule has 0 aromatic rings. The van der Waals surface area contributed by atoms with Crippen molar-refractivity contribution in [3.05, 3.63) is 0 Å². The summed E-state index contributed by atoms with van der Waals surface area (Å²) in [7, 11) is 0. The predicted octanol–water partition coefficient (Wildman–Crippen LogP) is 3.57. The van der Waals surface area contributed by atoms with E-state index in [4.69, 9.17) is 0 Å². The highest BCUT2D eigenvalue weighted by molar-refractivity contribution is 5.72. The number of hydrogen-bond acceptors (Lipinski definition) is 14. The summed E-state index contributed by atoms with van der Waals surface area (Å²) in [6.07, 6.45) is 0. The van der Waals surface area contributed by atoms with E-state index in [0.29, 0.717) is 0 Å². The fraction of sp³-hybridized carbons (Fsp3) is 0.837. The van der Waals surface area contributed by atoms with Crippen LogP contribution in [0.15, 0.2) is 0 Å². The van der Waals surface area contributed by atoms with Crippen molar-refractivity contribution in [3.63, 3.8) is 0 Å². The Kier molecular flexibility index (Phi) is 68.2. The summed E-state index contributed by atoms with van der Waals surface area (Å²) in [5.41, 5.74) is -4.86. The molecule has 0 saturated heterocycles. The maximum atomic E-state index is 9.91. The number of carboxylic acid groups (broad SMARTS) is 7. The third-order valence-corrected chi connectivity index (χ3v) is 4.29. The van der Waals surface area contributed by atoms with Gasteiger partial charge < -0.3 is 69.3 Å². The third kappa shape index (κ3) is 90.2. The van der Waals surface area contributed by atoms with Crippen LogP contribution in [-0.4, -0.2) is 41.8 Å². The van der Waals surface area contributed by atoms with E-state index in [2.05, 4.69) is 0 Å². The van der Waals surface area contributed by atoms with Gasteiger partial charge in [-0.05, 0) is 0 Å². The first-order valence-electron chi connectivity index (χ1n) is 15.1. The molecule has 0 aliphatic rings. The Morgan fingerprint density at radius 3 is 0.211 bits per heavy atom. The van der Waals surface area contributed by atoms with E-state index in [-0.39, 0.29) is 59.4 Å². The van der Waals surface area contributed by atoms with E-state index in [1.54, 1.807) is 145 Å². The first-order valence-corrected chi connectivity index (χ1v) is 15.1. The third-order valence-electron chi connectivity index (χ3n) is 4.29. The van der Waals surface area contributed by atoms with Gasteiger partial charge in [0.2, 0.25) is 0 Å². The Labute approximate surface area is 353 Å². The topological polar surface area (TPSA) is 281 Å². The van der Waals surface area contributed by atoms with Gasteiger partial charge in [-0.2, -0.15) is 0 Å². The molecule has 0 aliphatic carbocycles. The molecule has 0 radical (unpaired) electrons. The summed E-state index contributed by atoms with van der Waals surface area (Å²) >= 11 is 0. The van der Waals surface area contributed by atoms with Crippen molar-refractivity contribution >= 4 is 41.8 Å². The van der Waals surface area contributed by atoms with Crippen molar-refractivity contribution in [2.45, 2.75) is 205 Å². The number of rotatable bonds is 0. The normalized spacial score (nSPS) is 9.70. The zero-order valence-corrected chi connectivity index (χ0v) is 33.7. The molecule has 0 spiro atoms. The van der Waals surface area contributed by atoms with E-state index in [0.717, 1.165) is 0 Å². The molecule has 0 amide bonds. The average Bonchev–Trinajstić information content (AvgIpc) is 2.77. The number of aliphatic carboxylic acids is 7. The number of carbonyl (C=O) groups is 7. The minimum atomic E-state index is -1.01. The molecule has 358 valence electrons. The van der Waals surface area contributed by atoms with Gasteiger partial charge in [0.1, 0.15) is 0 Å². The zero-order chi connectivity index (χ0) is 42.5. The minimum Gasteiger partial charge on any atom is -0.550 e. The van der Waals surface area contributed by atoms with Gasteiger partial charge in [-0.1, -0.05) is 205 Å². The zero-order valence-electron chi connectivity index (χ0n) is 33.7. The van der Waals surface area contributed by atoms with Crippen LogP contribution in [0.3, 0.4) is 0 Å². The summed E-state index contributed by atoms with van der Waals surface area (Å²) in [6, 6.07) is 0. The molecule has 14 nitrogen and oxygen atoms in total. The molecule has 0 rings (SSSR count). The highest BCUT2D eigenvalue weighted by Crippen LogP contribution is 2.12. The second-order valence-electron chi connectivity index (χ2n) is 17.8. The standard InChI is InChI=1S/7C5H10O2.8CH4/c7*1-5(2,3)4(6)7;;;;;;;;/h7*1-3H3,(H,6,7);8*1H4/p-7. The van der Waals surface area contributed by atoms with Crippen molar-refractivity contribution in [3.8, 4) is 0 Å². The summed E-state index contributed by atoms with van der Waals surface area (Å²) < 4.78 is 0. The van der Waals surface area contributed by atoms with E-state index in [9.17, 15) is 69.3 Å². The van der Waals surface area contributed by atoms with Crippen LogP contribution in [0.25, 0.3) is 0 Å². The van der Waals surface area contributed by atoms with Crippen LogP contribution in [0.1, 0.15) is 205 Å². The molecular weight excluding hydrogens is 740 g/mol. The monoisotopic (exact) mass is 836 g/mol. The lowest BCUT2D eigenvalue weighted by molar-refractivity contribution is -0.317. The maximum Gasteiger partial charge on any atom is 0.0467 e. The number of carbonyl (C=O) groups excluding carboxylic acids is 7. The second kappa shape index (κ2) is 39.1. The Bertz CT molecular complexity index is 789. The molecule has 0 aromatic carbocycles. The fourth-order valence-corrected chi connectivity index (χ4v) is 0. The highest BCUT2D eigenvalue weighted by atomic mass is 16.4. The van der Waals surface area contributed by atoms with Gasteiger partial charge in [0.05, 0.1) is 0 Å². The second-order valence-corrected chi connectivity index (χ2v) is 17.8. The first kappa shape index (κ1) is 99.4. The van der Waals surface area contributed by atoms with Crippen LogP contribution in [-0.2, 0) is 33.6 Å². The van der Waals surface area contributed by atoms with Crippen molar-refractivity contribution in [2.75, 3.05) is 0 Å². The molecule has 0 fully saturated rings. The molecule has 0 saturated carbocycles. The SMILES string of the molecule is C.C.C.C.C.C.C.C.CC(C)(C)C(=O)[O-].CC(C)(C)C(=O)[O-].CC(C)(C)C(=O)[O-].CC(C)(C)C(=O)[O-].CC(C)(C)C(=O)[O-].CC(C)(C)C(=O)[O-].CC(C)(C)C(=O)[O-]. The van der Waals surface area contributed by atoms with Gasteiger partial charge >= 0.3 is 0 Å². The van der Waals surface area contributed by atoms with Crippen molar-refractivity contribution in [1.82, 2.24) is 0 Å². The largest absolute Gasteiger partial charge is 0.550 e. The Morgan fingerprint density at radius 2 is 0.211 bits per heavy atom. The Balaban J connectivity index is -0.0000000271. The predicted molar refractivity (Wildman–Crippen MR) is 225 cm³/mol. The summed E-state index contributed by atoms with van der Waals surface area (Å²) in [6.45, 7) is 33.6. The van der Waals surface area contributed by atoms with Crippen molar-refractivity contribution in [2.24, 2.45) is 37.9 Å². The van der Waals surface area contributed by atoms with Crippen LogP contribution in [0.5, 0.6) is 0 Å². The lowest BCUT2D eigenvalue weighted by atomic mass is 9.98. The van der Waals surface area contributed by atoms with Gasteiger partial charge in [-0.15, -0.1) is 0 Å². The molecule has 57 heavy (non-hydrogen) atoms. The molecule has 14 heteroatoms. The van der Waals surface area contributed by atoms with Gasteiger partial charge in [-0.3, -0.25) is 0 Å². The van der Waals surface area contributed by atoms with Gasteiger partial charge in [0, 0.05) is 79.7 Å². The van der Waals surface area contributed by atoms with Gasteiger partial charge in [-0.25, -0.2) is 0 Å². The quantitative estimate of drug-likeness (QED) is 0.337. The molecule has 0 atom stereocenters. The summed E-state index contributed by atoms with van der Waals surface area (Å²) in [5.74, 6) is -7.05. The fourth-order valence-electron chi connectivity index (χ4n) is 0. The molecule has 0 bridgehead atoms. The van der Waals surface area contributed by atoms with E-state index in [1.165, 1.54) is 0 Å². The van der Waals surface area contributed by atoms with Crippen LogP contribution in [0.2, 0.25) is 0 Å².